The lowest BCUT2D eigenvalue weighted by molar-refractivity contribution is 0.250. The second-order valence-electron chi connectivity index (χ2n) is 4.61. The Hall–Kier alpha value is -0.250. The van der Waals surface area contributed by atoms with Gasteiger partial charge in [-0.1, -0.05) is 31.5 Å². The van der Waals surface area contributed by atoms with E-state index in [1.165, 1.54) is 11.3 Å². The summed E-state index contributed by atoms with van der Waals surface area (Å²) < 4.78 is 0. The molecule has 0 bridgehead atoms. The molecule has 0 aliphatic rings. The topological polar surface area (TPSA) is 16.1 Å². The van der Waals surface area contributed by atoms with Crippen LogP contribution in [0, 0.1) is 5.92 Å². The Morgan fingerprint density at radius 2 is 2.18 bits per heavy atom. The van der Waals surface area contributed by atoms with Crippen LogP contribution in [-0.4, -0.2) is 35.0 Å². The minimum Gasteiger partial charge on any atom is -0.298 e. The van der Waals surface area contributed by atoms with Crippen LogP contribution in [-0.2, 0) is 6.54 Å². The normalized spacial score (nSPS) is 11.4. The maximum atomic E-state index is 5.79. The lowest BCUT2D eigenvalue weighted by Crippen LogP contribution is -2.29. The first kappa shape index (κ1) is 14.8. The van der Waals surface area contributed by atoms with Crippen molar-refractivity contribution in [3.63, 3.8) is 0 Å². The molecule has 1 rings (SSSR count). The largest absolute Gasteiger partial charge is 0.298 e. The zero-order valence-electron chi connectivity index (χ0n) is 10.8. The van der Waals surface area contributed by atoms with Crippen molar-refractivity contribution in [1.29, 1.82) is 0 Å². The van der Waals surface area contributed by atoms with Gasteiger partial charge >= 0.3 is 0 Å². The van der Waals surface area contributed by atoms with Crippen LogP contribution in [0.2, 0.25) is 5.15 Å². The Labute approximate surface area is 114 Å². The lowest BCUT2D eigenvalue weighted by atomic mass is 10.2. The van der Waals surface area contributed by atoms with Crippen LogP contribution in [0.25, 0.3) is 0 Å². The molecule has 0 aliphatic carbocycles. The van der Waals surface area contributed by atoms with Crippen molar-refractivity contribution in [2.45, 2.75) is 20.4 Å². The third kappa shape index (κ3) is 6.29. The molecule has 2 nitrogen and oxygen atoms in total. The number of pyridine rings is 1. The van der Waals surface area contributed by atoms with E-state index in [2.05, 4.69) is 36.1 Å². The summed E-state index contributed by atoms with van der Waals surface area (Å²) in [6.45, 7) is 7.73. The third-order valence-corrected chi connectivity index (χ3v) is 3.24. The lowest BCUT2D eigenvalue weighted by Gasteiger charge is -2.23. The van der Waals surface area contributed by atoms with E-state index in [0.717, 1.165) is 19.6 Å². The Kier molecular flexibility index (Phi) is 6.93. The molecule has 0 N–H and O–H groups in total. The van der Waals surface area contributed by atoms with Crippen molar-refractivity contribution in [2.24, 2.45) is 5.92 Å². The van der Waals surface area contributed by atoms with Crippen LogP contribution in [0.3, 0.4) is 0 Å². The Bertz CT molecular complexity index is 314. The van der Waals surface area contributed by atoms with E-state index in [1.54, 1.807) is 0 Å². The number of nitrogens with zero attached hydrogens (tertiary/aromatic N) is 2. The van der Waals surface area contributed by atoms with Gasteiger partial charge in [0.1, 0.15) is 5.15 Å². The molecule has 0 fully saturated rings. The number of thioether (sulfide) groups is 1. The van der Waals surface area contributed by atoms with E-state index in [1.807, 2.05) is 24.0 Å². The van der Waals surface area contributed by atoms with Crippen molar-refractivity contribution in [1.82, 2.24) is 9.88 Å². The summed E-state index contributed by atoms with van der Waals surface area (Å²) in [5.74, 6) is 1.87. The molecule has 96 valence electrons. The van der Waals surface area contributed by atoms with Crippen LogP contribution >= 0.6 is 23.4 Å². The van der Waals surface area contributed by atoms with Crippen LogP contribution in [0.1, 0.15) is 19.4 Å². The van der Waals surface area contributed by atoms with Gasteiger partial charge in [-0.25, -0.2) is 4.98 Å². The van der Waals surface area contributed by atoms with E-state index in [0.29, 0.717) is 11.1 Å². The average molecular weight is 273 g/mol. The van der Waals surface area contributed by atoms with Crippen molar-refractivity contribution >= 4 is 23.4 Å². The van der Waals surface area contributed by atoms with Gasteiger partial charge in [0.25, 0.3) is 0 Å². The molecule has 0 spiro atoms. The van der Waals surface area contributed by atoms with Gasteiger partial charge < -0.3 is 0 Å². The predicted octanol–water partition coefficient (Wildman–Crippen LogP) is 3.56. The minimum atomic E-state index is 0.563. The Balaban J connectivity index is 2.54. The summed E-state index contributed by atoms with van der Waals surface area (Å²) in [6.07, 6.45) is 4.02. The number of hydrogen-bond acceptors (Lipinski definition) is 3. The molecule has 0 saturated heterocycles. The minimum absolute atomic E-state index is 0.563. The molecule has 1 heterocycles. The standard InChI is InChI=1S/C13H21ClN2S/c1-11(2)9-16(6-7-17-3)10-12-4-5-13(14)15-8-12/h4-5,8,11H,6-7,9-10H2,1-3H3. The van der Waals surface area contributed by atoms with Crippen molar-refractivity contribution in [3.8, 4) is 0 Å². The first-order valence-electron chi connectivity index (χ1n) is 5.93. The van der Waals surface area contributed by atoms with Gasteiger partial charge in [0.2, 0.25) is 0 Å². The highest BCUT2D eigenvalue weighted by Crippen LogP contribution is 2.10. The number of aromatic nitrogens is 1. The van der Waals surface area contributed by atoms with Crippen LogP contribution in [0.4, 0.5) is 0 Å². The Morgan fingerprint density at radius 1 is 1.41 bits per heavy atom. The molecule has 0 saturated carbocycles. The Morgan fingerprint density at radius 3 is 2.71 bits per heavy atom. The molecule has 0 atom stereocenters. The smallest absolute Gasteiger partial charge is 0.129 e. The molecule has 0 amide bonds. The first-order chi connectivity index (χ1) is 8.11. The molecular formula is C13H21ClN2S. The second kappa shape index (κ2) is 7.96. The zero-order chi connectivity index (χ0) is 12.7. The molecule has 1 aromatic rings. The second-order valence-corrected chi connectivity index (χ2v) is 5.98. The summed E-state index contributed by atoms with van der Waals surface area (Å²) in [4.78, 5) is 6.60. The number of rotatable bonds is 7. The summed E-state index contributed by atoms with van der Waals surface area (Å²) in [7, 11) is 0. The summed E-state index contributed by atoms with van der Waals surface area (Å²) >= 11 is 7.68. The highest BCUT2D eigenvalue weighted by atomic mass is 35.5. The monoisotopic (exact) mass is 272 g/mol. The fraction of sp³-hybridized carbons (Fsp3) is 0.615. The van der Waals surface area contributed by atoms with Crippen molar-refractivity contribution in [2.75, 3.05) is 25.1 Å². The van der Waals surface area contributed by atoms with E-state index in [-0.39, 0.29) is 0 Å². The maximum Gasteiger partial charge on any atom is 0.129 e. The fourth-order valence-electron chi connectivity index (χ4n) is 1.73. The van der Waals surface area contributed by atoms with Gasteiger partial charge in [0.05, 0.1) is 0 Å². The molecule has 0 radical (unpaired) electrons. The predicted molar refractivity (Wildman–Crippen MR) is 77.7 cm³/mol. The SMILES string of the molecule is CSCCN(Cc1ccc(Cl)nc1)CC(C)C. The fourth-order valence-corrected chi connectivity index (χ4v) is 2.28. The van der Waals surface area contributed by atoms with Crippen LogP contribution in [0.5, 0.6) is 0 Å². The van der Waals surface area contributed by atoms with Crippen molar-refractivity contribution < 1.29 is 0 Å². The number of halogens is 1. The summed E-state index contributed by atoms with van der Waals surface area (Å²) in [6, 6.07) is 3.92. The first-order valence-corrected chi connectivity index (χ1v) is 7.70. The third-order valence-electron chi connectivity index (χ3n) is 2.43. The quantitative estimate of drug-likeness (QED) is 0.706. The average Bonchev–Trinajstić information content (AvgIpc) is 2.28. The highest BCUT2D eigenvalue weighted by Gasteiger charge is 2.08. The van der Waals surface area contributed by atoms with Gasteiger partial charge in [0, 0.05) is 31.6 Å². The van der Waals surface area contributed by atoms with Crippen LogP contribution in [0.15, 0.2) is 18.3 Å². The molecule has 0 unspecified atom stereocenters. The van der Waals surface area contributed by atoms with Gasteiger partial charge in [-0.05, 0) is 23.8 Å². The zero-order valence-corrected chi connectivity index (χ0v) is 12.4. The molecule has 1 aromatic heterocycles. The van der Waals surface area contributed by atoms with Gasteiger partial charge in [-0.15, -0.1) is 0 Å². The van der Waals surface area contributed by atoms with E-state index >= 15 is 0 Å². The van der Waals surface area contributed by atoms with Crippen LogP contribution < -0.4 is 0 Å². The molecule has 4 heteroatoms. The molecule has 0 aliphatic heterocycles. The maximum absolute atomic E-state index is 5.79. The number of hydrogen-bond donors (Lipinski definition) is 0. The van der Waals surface area contributed by atoms with Gasteiger partial charge in [-0.3, -0.25) is 4.90 Å². The summed E-state index contributed by atoms with van der Waals surface area (Å²) in [5, 5.41) is 0.563. The van der Waals surface area contributed by atoms with Gasteiger partial charge in [0.15, 0.2) is 0 Å². The molecule has 0 aromatic carbocycles. The summed E-state index contributed by atoms with van der Waals surface area (Å²) in [5.41, 5.74) is 1.23. The van der Waals surface area contributed by atoms with E-state index < -0.39 is 0 Å². The highest BCUT2D eigenvalue weighted by molar-refractivity contribution is 7.98. The van der Waals surface area contributed by atoms with Crippen molar-refractivity contribution in [3.05, 3.63) is 29.0 Å². The molecular weight excluding hydrogens is 252 g/mol. The van der Waals surface area contributed by atoms with E-state index in [4.69, 9.17) is 11.6 Å². The van der Waals surface area contributed by atoms with E-state index in [9.17, 15) is 0 Å². The molecule has 17 heavy (non-hydrogen) atoms. The van der Waals surface area contributed by atoms with Gasteiger partial charge in [-0.2, -0.15) is 11.8 Å².